The van der Waals surface area contributed by atoms with Gasteiger partial charge in [-0.15, -0.1) is 11.8 Å². The van der Waals surface area contributed by atoms with E-state index in [4.69, 9.17) is 23.2 Å². The van der Waals surface area contributed by atoms with Gasteiger partial charge in [0.2, 0.25) is 5.91 Å². The van der Waals surface area contributed by atoms with E-state index in [1.54, 1.807) is 66.7 Å². The molecule has 0 saturated carbocycles. The van der Waals surface area contributed by atoms with Gasteiger partial charge in [0.25, 0.3) is 11.8 Å². The van der Waals surface area contributed by atoms with Crippen molar-refractivity contribution in [3.8, 4) is 0 Å². The quantitative estimate of drug-likeness (QED) is 0.103. The first kappa shape index (κ1) is 31.1. The predicted molar refractivity (Wildman–Crippen MR) is 181 cm³/mol. The Bertz CT molecular complexity index is 1800. The number of carbonyl (C=O) groups is 3. The van der Waals surface area contributed by atoms with Crippen LogP contribution in [-0.2, 0) is 9.59 Å². The second-order valence-electron chi connectivity index (χ2n) is 9.44. The number of thioether (sulfide) groups is 1. The zero-order valence-electron chi connectivity index (χ0n) is 23.0. The highest BCUT2D eigenvalue weighted by molar-refractivity contribution is 8.00. The van der Waals surface area contributed by atoms with Crippen LogP contribution in [0.2, 0.25) is 10.0 Å². The Balaban J connectivity index is 1.36. The highest BCUT2D eigenvalue weighted by Gasteiger charge is 2.23. The SMILES string of the molecule is O=C(Nc1cccc(SC(C(=O)Nc2cc(Cl)ccc2Cl)c2ccccc2)c1)/C(=C/c1ccsc1)NC(=O)c1ccccc1. The molecule has 1 unspecified atom stereocenters. The molecule has 0 aliphatic heterocycles. The van der Waals surface area contributed by atoms with E-state index >= 15 is 0 Å². The van der Waals surface area contributed by atoms with Crippen LogP contribution < -0.4 is 16.0 Å². The lowest BCUT2D eigenvalue weighted by Gasteiger charge is -2.18. The van der Waals surface area contributed by atoms with E-state index in [0.29, 0.717) is 27.0 Å². The number of rotatable bonds is 10. The monoisotopic (exact) mass is 657 g/mol. The molecule has 0 radical (unpaired) electrons. The molecule has 5 rings (SSSR count). The average molecular weight is 659 g/mol. The van der Waals surface area contributed by atoms with Crippen LogP contribution in [-0.4, -0.2) is 17.7 Å². The van der Waals surface area contributed by atoms with Crippen molar-refractivity contribution in [1.82, 2.24) is 5.32 Å². The molecule has 1 atom stereocenters. The fourth-order valence-electron chi connectivity index (χ4n) is 4.14. The van der Waals surface area contributed by atoms with E-state index in [0.717, 1.165) is 16.0 Å². The summed E-state index contributed by atoms with van der Waals surface area (Å²) < 4.78 is 0. The summed E-state index contributed by atoms with van der Waals surface area (Å²) in [4.78, 5) is 40.6. The maximum atomic E-state index is 13.6. The van der Waals surface area contributed by atoms with Crippen molar-refractivity contribution < 1.29 is 14.4 Å². The molecule has 3 N–H and O–H groups in total. The molecule has 1 heterocycles. The highest BCUT2D eigenvalue weighted by atomic mass is 35.5. The Kier molecular flexibility index (Phi) is 10.5. The maximum Gasteiger partial charge on any atom is 0.272 e. The lowest BCUT2D eigenvalue weighted by atomic mass is 10.1. The molecule has 1 aromatic heterocycles. The van der Waals surface area contributed by atoms with Gasteiger partial charge >= 0.3 is 0 Å². The second-order valence-corrected chi connectivity index (χ2v) is 12.2. The number of hydrogen-bond acceptors (Lipinski definition) is 5. The van der Waals surface area contributed by atoms with Crippen LogP contribution in [0.1, 0.15) is 26.7 Å². The minimum absolute atomic E-state index is 0.0928. The Morgan fingerprint density at radius 2 is 1.55 bits per heavy atom. The van der Waals surface area contributed by atoms with E-state index in [9.17, 15) is 14.4 Å². The minimum atomic E-state index is -0.642. The molecule has 0 spiro atoms. The maximum absolute atomic E-state index is 13.6. The molecule has 10 heteroatoms. The normalized spacial score (nSPS) is 11.8. The van der Waals surface area contributed by atoms with Gasteiger partial charge in [-0.3, -0.25) is 14.4 Å². The summed E-state index contributed by atoms with van der Waals surface area (Å²) in [6.45, 7) is 0. The van der Waals surface area contributed by atoms with E-state index in [2.05, 4.69) is 16.0 Å². The van der Waals surface area contributed by atoms with Crippen LogP contribution in [0.4, 0.5) is 11.4 Å². The van der Waals surface area contributed by atoms with Gasteiger partial charge in [-0.1, -0.05) is 77.8 Å². The van der Waals surface area contributed by atoms with Gasteiger partial charge in [0.15, 0.2) is 0 Å². The van der Waals surface area contributed by atoms with Gasteiger partial charge in [0, 0.05) is 21.2 Å². The summed E-state index contributed by atoms with van der Waals surface area (Å²) in [6.07, 6.45) is 1.63. The first-order valence-electron chi connectivity index (χ1n) is 13.3. The molecule has 3 amide bonds. The largest absolute Gasteiger partial charge is 0.323 e. The van der Waals surface area contributed by atoms with Gasteiger partial charge in [0.1, 0.15) is 10.9 Å². The Morgan fingerprint density at radius 3 is 2.27 bits per heavy atom. The van der Waals surface area contributed by atoms with Crippen LogP contribution >= 0.6 is 46.3 Å². The summed E-state index contributed by atoms with van der Waals surface area (Å²) in [6, 6.07) is 31.9. The van der Waals surface area contributed by atoms with Crippen molar-refractivity contribution in [3.05, 3.63) is 152 Å². The summed E-state index contributed by atoms with van der Waals surface area (Å²) in [5, 5.41) is 12.5. The Hall–Kier alpha value is -4.34. The molecule has 5 aromatic rings. The third-order valence-corrected chi connectivity index (χ3v) is 8.77. The molecule has 0 bridgehead atoms. The summed E-state index contributed by atoms with van der Waals surface area (Å²) in [5.41, 5.74) is 3.00. The van der Waals surface area contributed by atoms with Crippen LogP contribution in [0, 0.1) is 0 Å². The molecule has 6 nitrogen and oxygen atoms in total. The smallest absolute Gasteiger partial charge is 0.272 e. The molecular weight excluding hydrogens is 633 g/mol. The summed E-state index contributed by atoms with van der Waals surface area (Å²) >= 11 is 15.2. The van der Waals surface area contributed by atoms with Crippen molar-refractivity contribution in [2.75, 3.05) is 10.6 Å². The van der Waals surface area contributed by atoms with Crippen molar-refractivity contribution >= 4 is 81.5 Å². The fraction of sp³-hybridized carbons (Fsp3) is 0.0294. The number of carbonyl (C=O) groups excluding carboxylic acids is 3. The minimum Gasteiger partial charge on any atom is -0.323 e. The average Bonchev–Trinajstić information content (AvgIpc) is 3.55. The molecule has 0 aliphatic rings. The number of amides is 3. The lowest BCUT2D eigenvalue weighted by molar-refractivity contribution is -0.116. The van der Waals surface area contributed by atoms with Crippen molar-refractivity contribution in [3.63, 3.8) is 0 Å². The molecule has 220 valence electrons. The summed E-state index contributed by atoms with van der Waals surface area (Å²) in [7, 11) is 0. The zero-order valence-corrected chi connectivity index (χ0v) is 26.1. The zero-order chi connectivity index (χ0) is 30.9. The number of hydrogen-bond donors (Lipinski definition) is 3. The summed E-state index contributed by atoms with van der Waals surface area (Å²) in [5.74, 6) is -1.18. The number of halogens is 2. The van der Waals surface area contributed by atoms with Crippen LogP contribution in [0.25, 0.3) is 6.08 Å². The third-order valence-electron chi connectivity index (χ3n) is 6.26. The molecule has 0 aliphatic carbocycles. The number of anilines is 2. The number of thiophene rings is 1. The van der Waals surface area contributed by atoms with Crippen LogP contribution in [0.5, 0.6) is 0 Å². The number of benzene rings is 4. The number of nitrogens with one attached hydrogen (secondary N) is 3. The van der Waals surface area contributed by atoms with Gasteiger partial charge in [-0.05, 0) is 82.6 Å². The van der Waals surface area contributed by atoms with Crippen LogP contribution in [0.15, 0.2) is 131 Å². The van der Waals surface area contributed by atoms with Gasteiger partial charge < -0.3 is 16.0 Å². The van der Waals surface area contributed by atoms with E-state index in [1.165, 1.54) is 23.1 Å². The Labute approximate surface area is 273 Å². The van der Waals surface area contributed by atoms with E-state index < -0.39 is 17.1 Å². The molecule has 0 fully saturated rings. The molecule has 0 saturated heterocycles. The third kappa shape index (κ3) is 8.39. The molecule has 44 heavy (non-hydrogen) atoms. The first-order valence-corrected chi connectivity index (χ1v) is 15.9. The van der Waals surface area contributed by atoms with E-state index in [-0.39, 0.29) is 11.6 Å². The van der Waals surface area contributed by atoms with Crippen LogP contribution in [0.3, 0.4) is 0 Å². The van der Waals surface area contributed by atoms with Gasteiger partial charge in [0.05, 0.1) is 10.7 Å². The van der Waals surface area contributed by atoms with Gasteiger partial charge in [-0.25, -0.2) is 0 Å². The standard InChI is InChI=1S/C34H25Cl2N3O3S2/c35-25-14-15-28(36)29(19-25)38-34(42)31(23-8-3-1-4-9-23)44-27-13-7-12-26(20-27)37-33(41)30(18-22-16-17-43-21-22)39-32(40)24-10-5-2-6-11-24/h1-21,31H,(H,37,41)(H,38,42)(H,39,40)/b30-18-. The van der Waals surface area contributed by atoms with Crippen molar-refractivity contribution in [1.29, 1.82) is 0 Å². The van der Waals surface area contributed by atoms with E-state index in [1.807, 2.05) is 59.3 Å². The second kappa shape index (κ2) is 14.9. The first-order chi connectivity index (χ1) is 21.4. The fourth-order valence-corrected chi connectivity index (χ4v) is 6.18. The predicted octanol–water partition coefficient (Wildman–Crippen LogP) is 8.94. The molecule has 4 aromatic carbocycles. The lowest BCUT2D eigenvalue weighted by Crippen LogP contribution is -2.30. The van der Waals surface area contributed by atoms with Crippen molar-refractivity contribution in [2.45, 2.75) is 10.1 Å². The molecular formula is C34H25Cl2N3O3S2. The highest BCUT2D eigenvalue weighted by Crippen LogP contribution is 2.38. The Morgan fingerprint density at radius 1 is 0.795 bits per heavy atom. The van der Waals surface area contributed by atoms with Crippen molar-refractivity contribution in [2.24, 2.45) is 0 Å². The topological polar surface area (TPSA) is 87.3 Å². The van der Waals surface area contributed by atoms with Gasteiger partial charge in [-0.2, -0.15) is 11.3 Å².